The van der Waals surface area contributed by atoms with Crippen molar-refractivity contribution in [1.82, 2.24) is 0 Å². The van der Waals surface area contributed by atoms with E-state index in [4.69, 9.17) is 0 Å². The van der Waals surface area contributed by atoms with E-state index < -0.39 is 0 Å². The quantitative estimate of drug-likeness (QED) is 0.456. The molecule has 0 saturated heterocycles. The van der Waals surface area contributed by atoms with E-state index in [1.165, 1.54) is 6.42 Å². The van der Waals surface area contributed by atoms with Gasteiger partial charge >= 0.3 is 0 Å². The van der Waals surface area contributed by atoms with Crippen molar-refractivity contribution in [2.75, 3.05) is 0 Å². The van der Waals surface area contributed by atoms with E-state index in [-0.39, 0.29) is 0 Å². The van der Waals surface area contributed by atoms with Gasteiger partial charge in [0.2, 0.25) is 0 Å². The Labute approximate surface area is 99.2 Å². The molecular weight excluding hydrogens is 191 g/mol. The fourth-order valence-corrected chi connectivity index (χ4v) is 3.71. The minimum atomic E-state index is 0.348. The van der Waals surface area contributed by atoms with E-state index in [0.717, 1.165) is 11.7 Å². The summed E-state index contributed by atoms with van der Waals surface area (Å²) in [6.45, 7) is 4.84. The predicted octanol–water partition coefficient (Wildman–Crippen LogP) is 3.06. The zero-order valence-corrected chi connectivity index (χ0v) is 10.4. The van der Waals surface area contributed by atoms with Crippen molar-refractivity contribution in [2.24, 2.45) is 5.92 Å². The molecule has 0 spiro atoms. The maximum absolute atomic E-state index is 2.45. The SMILES string of the molecule is B[C@H]1C=CC2c3ccccc3C(C)(C)C2C1. The van der Waals surface area contributed by atoms with Crippen molar-refractivity contribution in [3.8, 4) is 0 Å². The molecule has 16 heavy (non-hydrogen) atoms. The Morgan fingerprint density at radius 1 is 1.19 bits per heavy atom. The third-order valence-corrected chi connectivity index (χ3v) is 4.65. The van der Waals surface area contributed by atoms with Gasteiger partial charge in [0.1, 0.15) is 7.85 Å². The van der Waals surface area contributed by atoms with Crippen LogP contribution in [0.3, 0.4) is 0 Å². The summed E-state index contributed by atoms with van der Waals surface area (Å²) in [7, 11) is 2.34. The van der Waals surface area contributed by atoms with Crippen molar-refractivity contribution in [1.29, 1.82) is 0 Å². The summed E-state index contributed by atoms with van der Waals surface area (Å²) < 4.78 is 0. The Kier molecular flexibility index (Phi) is 2.08. The van der Waals surface area contributed by atoms with Gasteiger partial charge in [-0.05, 0) is 28.9 Å². The first-order valence-electron chi connectivity index (χ1n) is 6.38. The highest BCUT2D eigenvalue weighted by atomic mass is 14.5. The predicted molar refractivity (Wildman–Crippen MR) is 71.8 cm³/mol. The van der Waals surface area contributed by atoms with Crippen molar-refractivity contribution in [2.45, 2.75) is 37.4 Å². The van der Waals surface area contributed by atoms with Crippen molar-refractivity contribution >= 4 is 7.85 Å². The molecule has 82 valence electrons. The molecule has 0 fully saturated rings. The molecule has 2 unspecified atom stereocenters. The Morgan fingerprint density at radius 2 is 1.94 bits per heavy atom. The minimum absolute atomic E-state index is 0.348. The maximum Gasteiger partial charge on any atom is 0.110 e. The lowest BCUT2D eigenvalue weighted by Crippen LogP contribution is -2.28. The summed E-state index contributed by atoms with van der Waals surface area (Å²) in [5.74, 6) is 2.21. The van der Waals surface area contributed by atoms with Crippen LogP contribution in [-0.2, 0) is 5.41 Å². The maximum atomic E-state index is 2.45. The molecule has 0 N–H and O–H groups in total. The molecule has 1 aromatic carbocycles. The summed E-state index contributed by atoms with van der Waals surface area (Å²) >= 11 is 0. The molecule has 0 nitrogen and oxygen atoms in total. The van der Waals surface area contributed by atoms with Gasteiger partial charge in [0.15, 0.2) is 0 Å². The Morgan fingerprint density at radius 3 is 2.75 bits per heavy atom. The number of benzene rings is 1. The Balaban J connectivity index is 2.15. The van der Waals surface area contributed by atoms with Gasteiger partial charge in [0.25, 0.3) is 0 Å². The van der Waals surface area contributed by atoms with Crippen LogP contribution in [0.2, 0.25) is 5.82 Å². The second-order valence-corrected chi connectivity index (χ2v) is 6.04. The van der Waals surface area contributed by atoms with Crippen LogP contribution in [0.5, 0.6) is 0 Å². The van der Waals surface area contributed by atoms with E-state index in [1.54, 1.807) is 11.1 Å². The summed E-state index contributed by atoms with van der Waals surface area (Å²) in [6, 6.07) is 9.02. The third-order valence-electron chi connectivity index (χ3n) is 4.65. The summed E-state index contributed by atoms with van der Waals surface area (Å²) in [4.78, 5) is 0. The van der Waals surface area contributed by atoms with Crippen LogP contribution in [-0.4, -0.2) is 7.85 Å². The van der Waals surface area contributed by atoms with Crippen LogP contribution in [0.15, 0.2) is 36.4 Å². The average Bonchev–Trinajstić information content (AvgIpc) is 2.49. The summed E-state index contributed by atoms with van der Waals surface area (Å²) in [5, 5.41) is 0. The number of hydrogen-bond acceptors (Lipinski definition) is 0. The van der Waals surface area contributed by atoms with Crippen LogP contribution in [0.1, 0.15) is 37.3 Å². The molecule has 0 heterocycles. The van der Waals surface area contributed by atoms with Crippen LogP contribution in [0.4, 0.5) is 0 Å². The first kappa shape index (κ1) is 10.2. The molecule has 0 amide bonds. The fourth-order valence-electron chi connectivity index (χ4n) is 3.71. The Hall–Kier alpha value is -0.975. The topological polar surface area (TPSA) is 0 Å². The second-order valence-electron chi connectivity index (χ2n) is 6.04. The van der Waals surface area contributed by atoms with E-state index in [9.17, 15) is 0 Å². The third kappa shape index (κ3) is 1.24. The highest BCUT2D eigenvalue weighted by Gasteiger charge is 2.45. The standard InChI is InChI=1S/C15H19B/c1-15(2)13-6-4-3-5-11(13)12-8-7-10(16)9-14(12)15/h3-8,10,12,14H,9,16H2,1-2H3/t10-,12?,14?/m0/s1. The number of rotatable bonds is 0. The molecule has 0 aliphatic heterocycles. The molecule has 2 aliphatic carbocycles. The average molecular weight is 210 g/mol. The van der Waals surface area contributed by atoms with E-state index >= 15 is 0 Å². The molecule has 0 saturated carbocycles. The van der Waals surface area contributed by atoms with Gasteiger partial charge in [0.05, 0.1) is 0 Å². The van der Waals surface area contributed by atoms with Crippen LogP contribution in [0, 0.1) is 5.92 Å². The van der Waals surface area contributed by atoms with Gasteiger partial charge in [-0.15, -0.1) is 0 Å². The van der Waals surface area contributed by atoms with Gasteiger partial charge in [0, 0.05) is 5.92 Å². The highest BCUT2D eigenvalue weighted by molar-refractivity contribution is 6.13. The number of allylic oxidation sites excluding steroid dienone is 2. The molecule has 3 atom stereocenters. The first-order chi connectivity index (χ1) is 7.60. The van der Waals surface area contributed by atoms with E-state index in [1.807, 2.05) is 0 Å². The molecule has 1 aromatic rings. The largest absolute Gasteiger partial charge is 0.110 e. The fraction of sp³-hybridized carbons (Fsp3) is 0.467. The Bertz CT molecular complexity index is 445. The molecule has 1 heteroatoms. The van der Waals surface area contributed by atoms with Crippen LogP contribution in [0.25, 0.3) is 0 Å². The smallest absolute Gasteiger partial charge is 0.0928 e. The molecule has 3 rings (SSSR count). The minimum Gasteiger partial charge on any atom is -0.0928 e. The van der Waals surface area contributed by atoms with E-state index in [0.29, 0.717) is 11.3 Å². The van der Waals surface area contributed by atoms with Gasteiger partial charge in [-0.25, -0.2) is 0 Å². The zero-order chi connectivity index (χ0) is 11.3. The van der Waals surface area contributed by atoms with Gasteiger partial charge < -0.3 is 0 Å². The highest BCUT2D eigenvalue weighted by Crippen LogP contribution is 2.55. The molecular formula is C15H19B. The molecule has 2 aliphatic rings. The van der Waals surface area contributed by atoms with Crippen LogP contribution < -0.4 is 0 Å². The van der Waals surface area contributed by atoms with Crippen molar-refractivity contribution < 1.29 is 0 Å². The monoisotopic (exact) mass is 210 g/mol. The summed E-state index contributed by atoms with van der Waals surface area (Å²) in [6.07, 6.45) is 6.19. The molecule has 0 aromatic heterocycles. The lowest BCUT2D eigenvalue weighted by atomic mass is 9.65. The zero-order valence-electron chi connectivity index (χ0n) is 10.4. The first-order valence-corrected chi connectivity index (χ1v) is 6.38. The number of hydrogen-bond donors (Lipinski definition) is 0. The normalized spacial score (nSPS) is 34.5. The van der Waals surface area contributed by atoms with Crippen molar-refractivity contribution in [3.05, 3.63) is 47.5 Å². The van der Waals surface area contributed by atoms with Crippen LogP contribution >= 0.6 is 0 Å². The summed E-state index contributed by atoms with van der Waals surface area (Å²) in [5.41, 5.74) is 3.49. The van der Waals surface area contributed by atoms with E-state index in [2.05, 4.69) is 58.1 Å². The molecule has 0 radical (unpaired) electrons. The second kappa shape index (κ2) is 3.26. The van der Waals surface area contributed by atoms with Gasteiger partial charge in [-0.1, -0.05) is 56.1 Å². The lowest BCUT2D eigenvalue weighted by molar-refractivity contribution is 0.301. The van der Waals surface area contributed by atoms with Gasteiger partial charge in [-0.3, -0.25) is 0 Å². The number of fused-ring (bicyclic) bond motifs is 3. The lowest BCUT2D eigenvalue weighted by Gasteiger charge is -2.34. The van der Waals surface area contributed by atoms with Crippen molar-refractivity contribution in [3.63, 3.8) is 0 Å². The van der Waals surface area contributed by atoms with Gasteiger partial charge in [-0.2, -0.15) is 0 Å². The molecule has 0 bridgehead atoms.